The van der Waals surface area contributed by atoms with Crippen LogP contribution in [0.25, 0.3) is 11.2 Å². The van der Waals surface area contributed by atoms with Crippen molar-refractivity contribution in [3.05, 3.63) is 12.7 Å². The van der Waals surface area contributed by atoms with E-state index in [1.165, 1.54) is 13.4 Å². The third-order valence-corrected chi connectivity index (χ3v) is 3.16. The van der Waals surface area contributed by atoms with Crippen molar-refractivity contribution >= 4 is 23.0 Å². The first kappa shape index (κ1) is 11.8. The molecular weight excluding hydrogens is 250 g/mol. The summed E-state index contributed by atoms with van der Waals surface area (Å²) in [7, 11) is 1.35. The smallest absolute Gasteiger partial charge is 0.335 e. The van der Waals surface area contributed by atoms with Gasteiger partial charge in [0.05, 0.1) is 13.4 Å². The van der Waals surface area contributed by atoms with Crippen LogP contribution in [0.4, 0.5) is 5.82 Å². The van der Waals surface area contributed by atoms with Gasteiger partial charge in [0.15, 0.2) is 17.6 Å². The zero-order chi connectivity index (χ0) is 13.4. The normalized spacial score (nSPS) is 22.8. The van der Waals surface area contributed by atoms with Gasteiger partial charge < -0.3 is 15.2 Å². The molecule has 100 valence electrons. The maximum Gasteiger partial charge on any atom is 0.335 e. The van der Waals surface area contributed by atoms with Crippen LogP contribution in [0.15, 0.2) is 12.7 Å². The van der Waals surface area contributed by atoms with E-state index in [0.717, 1.165) is 0 Å². The lowest BCUT2D eigenvalue weighted by Crippen LogP contribution is -2.22. The molecule has 1 aliphatic rings. The van der Waals surface area contributed by atoms with E-state index in [-0.39, 0.29) is 12.2 Å². The number of nitrogens with two attached hydrogens (primary N) is 1. The fourth-order valence-electron chi connectivity index (χ4n) is 2.21. The molecule has 2 aromatic heterocycles. The number of nitrogen functional groups attached to an aromatic ring is 1. The van der Waals surface area contributed by atoms with Gasteiger partial charge in [-0.3, -0.25) is 4.57 Å². The summed E-state index contributed by atoms with van der Waals surface area (Å²) in [5, 5.41) is 0. The minimum Gasteiger partial charge on any atom is -0.467 e. The standard InChI is InChI=1S/C11H13N5O3/c1-18-11(17)6-2-3-7(19-6)16-5-15-8-9(12)13-4-14-10(8)16/h4-7H,2-3H2,1H3,(H2,12,13,14)/t6-,7+/m0/s1. The summed E-state index contributed by atoms with van der Waals surface area (Å²) in [6.07, 6.45) is 3.45. The van der Waals surface area contributed by atoms with Gasteiger partial charge in [0.2, 0.25) is 0 Å². The van der Waals surface area contributed by atoms with E-state index in [1.807, 2.05) is 0 Å². The van der Waals surface area contributed by atoms with Gasteiger partial charge >= 0.3 is 5.97 Å². The molecule has 0 amide bonds. The van der Waals surface area contributed by atoms with Crippen molar-refractivity contribution in [2.24, 2.45) is 0 Å². The first-order chi connectivity index (χ1) is 9.20. The monoisotopic (exact) mass is 263 g/mol. The highest BCUT2D eigenvalue weighted by Gasteiger charge is 2.33. The molecule has 2 aromatic rings. The average Bonchev–Trinajstić information content (AvgIpc) is 3.04. The average molecular weight is 263 g/mol. The predicted octanol–water partition coefficient (Wildman–Crippen LogP) is 0.259. The molecule has 1 saturated heterocycles. The molecule has 0 saturated carbocycles. The fourth-order valence-corrected chi connectivity index (χ4v) is 2.21. The van der Waals surface area contributed by atoms with E-state index in [1.54, 1.807) is 10.9 Å². The Morgan fingerprint density at radius 2 is 2.32 bits per heavy atom. The Morgan fingerprint density at radius 3 is 3.11 bits per heavy atom. The summed E-state index contributed by atoms with van der Waals surface area (Å²) in [5.41, 5.74) is 6.86. The minimum absolute atomic E-state index is 0.289. The molecular formula is C11H13N5O3. The van der Waals surface area contributed by atoms with Gasteiger partial charge in [0.1, 0.15) is 18.1 Å². The zero-order valence-electron chi connectivity index (χ0n) is 10.3. The second-order valence-electron chi connectivity index (χ2n) is 4.26. The van der Waals surface area contributed by atoms with Crippen LogP contribution < -0.4 is 5.73 Å². The van der Waals surface area contributed by atoms with Crippen molar-refractivity contribution in [1.29, 1.82) is 0 Å². The molecule has 19 heavy (non-hydrogen) atoms. The maximum atomic E-state index is 11.4. The number of rotatable bonds is 2. The van der Waals surface area contributed by atoms with Crippen molar-refractivity contribution in [2.75, 3.05) is 12.8 Å². The van der Waals surface area contributed by atoms with Gasteiger partial charge in [0.25, 0.3) is 0 Å². The number of carbonyl (C=O) groups is 1. The Labute approximate surface area is 108 Å². The second-order valence-corrected chi connectivity index (χ2v) is 4.26. The van der Waals surface area contributed by atoms with E-state index < -0.39 is 6.10 Å². The molecule has 3 rings (SSSR count). The molecule has 1 aliphatic heterocycles. The number of hydrogen-bond acceptors (Lipinski definition) is 7. The molecule has 2 N–H and O–H groups in total. The summed E-state index contributed by atoms with van der Waals surface area (Å²) >= 11 is 0. The third-order valence-electron chi connectivity index (χ3n) is 3.16. The van der Waals surface area contributed by atoms with E-state index in [0.29, 0.717) is 29.8 Å². The molecule has 0 unspecified atom stereocenters. The van der Waals surface area contributed by atoms with Crippen molar-refractivity contribution in [3.63, 3.8) is 0 Å². The summed E-state index contributed by atoms with van der Waals surface area (Å²) in [6.45, 7) is 0. The van der Waals surface area contributed by atoms with Crippen LogP contribution in [0.3, 0.4) is 0 Å². The fraction of sp³-hybridized carbons (Fsp3) is 0.455. The first-order valence-corrected chi connectivity index (χ1v) is 5.87. The highest BCUT2D eigenvalue weighted by atomic mass is 16.6. The molecule has 0 spiro atoms. The van der Waals surface area contributed by atoms with Crippen LogP contribution in [-0.2, 0) is 14.3 Å². The summed E-state index contributed by atoms with van der Waals surface area (Å²) < 4.78 is 12.1. The van der Waals surface area contributed by atoms with Crippen molar-refractivity contribution in [2.45, 2.75) is 25.2 Å². The minimum atomic E-state index is -0.536. The van der Waals surface area contributed by atoms with E-state index in [9.17, 15) is 4.79 Å². The number of imidazole rings is 1. The van der Waals surface area contributed by atoms with Gasteiger partial charge in [0, 0.05) is 0 Å². The number of methoxy groups -OCH3 is 1. The molecule has 0 aromatic carbocycles. The largest absolute Gasteiger partial charge is 0.467 e. The first-order valence-electron chi connectivity index (χ1n) is 5.87. The van der Waals surface area contributed by atoms with Crippen LogP contribution in [0.5, 0.6) is 0 Å². The number of hydrogen-bond donors (Lipinski definition) is 1. The Morgan fingerprint density at radius 1 is 1.47 bits per heavy atom. The lowest BCUT2D eigenvalue weighted by atomic mass is 10.2. The van der Waals surface area contributed by atoms with Gasteiger partial charge in [-0.15, -0.1) is 0 Å². The second kappa shape index (κ2) is 4.47. The van der Waals surface area contributed by atoms with Crippen LogP contribution >= 0.6 is 0 Å². The number of fused-ring (bicyclic) bond motifs is 1. The van der Waals surface area contributed by atoms with Crippen molar-refractivity contribution < 1.29 is 14.3 Å². The Hall–Kier alpha value is -2.22. The number of esters is 1. The topological polar surface area (TPSA) is 105 Å². The molecule has 3 heterocycles. The van der Waals surface area contributed by atoms with Crippen LogP contribution in [0, 0.1) is 0 Å². The van der Waals surface area contributed by atoms with E-state index >= 15 is 0 Å². The number of ether oxygens (including phenoxy) is 2. The van der Waals surface area contributed by atoms with Crippen molar-refractivity contribution in [3.8, 4) is 0 Å². The number of nitrogens with zero attached hydrogens (tertiary/aromatic N) is 4. The van der Waals surface area contributed by atoms with E-state index in [2.05, 4.69) is 19.7 Å². The lowest BCUT2D eigenvalue weighted by molar-refractivity contribution is -0.155. The quantitative estimate of drug-likeness (QED) is 0.774. The van der Waals surface area contributed by atoms with Crippen LogP contribution in [-0.4, -0.2) is 38.7 Å². The van der Waals surface area contributed by atoms with Gasteiger partial charge in [-0.1, -0.05) is 0 Å². The van der Waals surface area contributed by atoms with Crippen LogP contribution in [0.1, 0.15) is 19.1 Å². The predicted molar refractivity (Wildman–Crippen MR) is 64.9 cm³/mol. The van der Waals surface area contributed by atoms with E-state index in [4.69, 9.17) is 10.5 Å². The third kappa shape index (κ3) is 1.89. The number of anilines is 1. The Balaban J connectivity index is 1.90. The molecule has 0 radical (unpaired) electrons. The highest BCUT2D eigenvalue weighted by molar-refractivity contribution is 5.81. The maximum absolute atomic E-state index is 11.4. The number of aromatic nitrogens is 4. The molecule has 1 fully saturated rings. The summed E-state index contributed by atoms with van der Waals surface area (Å²) in [4.78, 5) is 23.6. The highest BCUT2D eigenvalue weighted by Crippen LogP contribution is 2.31. The molecule has 8 nitrogen and oxygen atoms in total. The summed E-state index contributed by atoms with van der Waals surface area (Å²) in [6, 6.07) is 0. The Kier molecular flexibility index (Phi) is 2.79. The SMILES string of the molecule is COC(=O)[C@@H]1CC[C@H](n2cnc3c(N)ncnc32)O1. The molecule has 0 bridgehead atoms. The van der Waals surface area contributed by atoms with Gasteiger partial charge in [-0.05, 0) is 12.8 Å². The molecule has 2 atom stereocenters. The number of carbonyl (C=O) groups excluding carboxylic acids is 1. The molecule has 8 heteroatoms. The van der Waals surface area contributed by atoms with Crippen LogP contribution in [0.2, 0.25) is 0 Å². The van der Waals surface area contributed by atoms with Gasteiger partial charge in [-0.25, -0.2) is 19.7 Å². The summed E-state index contributed by atoms with van der Waals surface area (Å²) in [5.74, 6) is -0.0349. The van der Waals surface area contributed by atoms with Gasteiger partial charge in [-0.2, -0.15) is 0 Å². The van der Waals surface area contributed by atoms with Crippen molar-refractivity contribution in [1.82, 2.24) is 19.5 Å². The zero-order valence-corrected chi connectivity index (χ0v) is 10.3. The lowest BCUT2D eigenvalue weighted by Gasteiger charge is -2.13. The Bertz CT molecular complexity index is 626. The molecule has 0 aliphatic carbocycles.